The summed E-state index contributed by atoms with van der Waals surface area (Å²) in [7, 11) is 0. The van der Waals surface area contributed by atoms with E-state index in [1.165, 1.54) is 12.1 Å². The third-order valence-electron chi connectivity index (χ3n) is 2.80. The molecule has 1 fully saturated rings. The minimum absolute atomic E-state index is 0.0340. The Morgan fingerprint density at radius 2 is 2.47 bits per heavy atom. The first-order chi connectivity index (χ1) is 9.19. The average molecular weight is 267 g/mol. The average Bonchev–Trinajstić information content (AvgIpc) is 2.89. The van der Waals surface area contributed by atoms with Gasteiger partial charge < -0.3 is 14.8 Å². The second-order valence-corrected chi connectivity index (χ2v) is 4.28. The van der Waals surface area contributed by atoms with Gasteiger partial charge in [0.05, 0.1) is 23.2 Å². The number of anilines is 1. The summed E-state index contributed by atoms with van der Waals surface area (Å²) in [6, 6.07) is 2.72. The Balaban J connectivity index is 2.06. The van der Waals surface area contributed by atoms with Gasteiger partial charge in [-0.1, -0.05) is 0 Å². The molecule has 1 atom stereocenters. The van der Waals surface area contributed by atoms with E-state index in [4.69, 9.17) is 9.47 Å². The number of hydrogen-bond donors (Lipinski definition) is 1. The highest BCUT2D eigenvalue weighted by Crippen LogP contribution is 2.23. The molecule has 104 valence electrons. The number of ether oxygens (including phenoxy) is 2. The Morgan fingerprint density at radius 1 is 1.63 bits per heavy atom. The number of nitro groups is 1. The lowest BCUT2D eigenvalue weighted by molar-refractivity contribution is -0.384. The smallest absolute Gasteiger partial charge is 0.278 e. The summed E-state index contributed by atoms with van der Waals surface area (Å²) in [5, 5.41) is 13.8. The molecule has 0 aromatic carbocycles. The molecule has 1 aromatic heterocycles. The van der Waals surface area contributed by atoms with Crippen LogP contribution in [0.25, 0.3) is 0 Å². The number of nitrogens with zero attached hydrogens (tertiary/aromatic N) is 2. The van der Waals surface area contributed by atoms with Gasteiger partial charge in [0.15, 0.2) is 0 Å². The normalized spacial score (nSPS) is 18.3. The lowest BCUT2D eigenvalue weighted by Gasteiger charge is -2.11. The summed E-state index contributed by atoms with van der Waals surface area (Å²) < 4.78 is 10.9. The number of nitrogens with one attached hydrogen (secondary N) is 1. The highest BCUT2D eigenvalue weighted by molar-refractivity contribution is 5.48. The Bertz CT molecular complexity index is 447. The van der Waals surface area contributed by atoms with Crippen LogP contribution in [-0.2, 0) is 4.74 Å². The lowest BCUT2D eigenvalue weighted by atomic mass is 10.2. The second-order valence-electron chi connectivity index (χ2n) is 4.28. The van der Waals surface area contributed by atoms with Crippen LogP contribution in [0.15, 0.2) is 12.1 Å². The quantitative estimate of drug-likeness (QED) is 0.626. The van der Waals surface area contributed by atoms with Gasteiger partial charge in [0.1, 0.15) is 12.4 Å². The van der Waals surface area contributed by atoms with Crippen molar-refractivity contribution in [1.82, 2.24) is 4.98 Å². The van der Waals surface area contributed by atoms with E-state index in [2.05, 4.69) is 10.3 Å². The van der Waals surface area contributed by atoms with Crippen LogP contribution in [-0.4, -0.2) is 35.8 Å². The zero-order valence-electron chi connectivity index (χ0n) is 10.8. The van der Waals surface area contributed by atoms with Crippen molar-refractivity contribution in [3.63, 3.8) is 0 Å². The van der Waals surface area contributed by atoms with Crippen molar-refractivity contribution < 1.29 is 14.4 Å². The van der Waals surface area contributed by atoms with E-state index in [0.29, 0.717) is 19.0 Å². The number of aromatic nitrogens is 1. The molecule has 7 nitrogen and oxygen atoms in total. The summed E-state index contributed by atoms with van der Waals surface area (Å²) in [4.78, 5) is 14.6. The minimum Gasteiger partial charge on any atom is -0.475 e. The molecule has 0 bridgehead atoms. The highest BCUT2D eigenvalue weighted by Gasteiger charge is 2.18. The van der Waals surface area contributed by atoms with Gasteiger partial charge in [-0.15, -0.1) is 0 Å². The fourth-order valence-electron chi connectivity index (χ4n) is 1.90. The predicted octanol–water partition coefficient (Wildman–Crippen LogP) is 1.98. The van der Waals surface area contributed by atoms with E-state index in [1.54, 1.807) is 0 Å². The van der Waals surface area contributed by atoms with Gasteiger partial charge in [0.2, 0.25) is 5.88 Å². The molecule has 19 heavy (non-hydrogen) atoms. The molecule has 0 aliphatic carbocycles. The molecule has 7 heteroatoms. The second kappa shape index (κ2) is 6.33. The standard InChI is InChI=1S/C12H17N3O4/c1-2-13-11-6-9(15(16)17)7-12(14-11)19-8-10-4-3-5-18-10/h6-7,10H,2-5,8H2,1H3,(H,13,14). The first-order valence-electron chi connectivity index (χ1n) is 6.34. The van der Waals surface area contributed by atoms with Crippen LogP contribution in [0.2, 0.25) is 0 Å². The maximum atomic E-state index is 10.8. The molecule has 0 amide bonds. The Hall–Kier alpha value is -1.89. The van der Waals surface area contributed by atoms with Crippen LogP contribution in [0.5, 0.6) is 5.88 Å². The lowest BCUT2D eigenvalue weighted by Crippen LogP contribution is -2.17. The van der Waals surface area contributed by atoms with Crippen molar-refractivity contribution in [2.75, 3.05) is 25.1 Å². The Morgan fingerprint density at radius 3 is 3.11 bits per heavy atom. The molecular formula is C12H17N3O4. The van der Waals surface area contributed by atoms with Crippen LogP contribution < -0.4 is 10.1 Å². The monoisotopic (exact) mass is 267 g/mol. The van der Waals surface area contributed by atoms with Gasteiger partial charge in [-0.25, -0.2) is 0 Å². The van der Waals surface area contributed by atoms with Crippen molar-refractivity contribution in [1.29, 1.82) is 0 Å². The maximum absolute atomic E-state index is 10.8. The molecule has 2 rings (SSSR count). The predicted molar refractivity (Wildman–Crippen MR) is 69.5 cm³/mol. The third kappa shape index (κ3) is 3.78. The Kier molecular flexibility index (Phi) is 4.51. The molecule has 1 N–H and O–H groups in total. The van der Waals surface area contributed by atoms with Crippen molar-refractivity contribution >= 4 is 11.5 Å². The molecule has 1 aromatic rings. The summed E-state index contributed by atoms with van der Waals surface area (Å²) in [6.07, 6.45) is 2.04. The van der Waals surface area contributed by atoms with Gasteiger partial charge in [0.25, 0.3) is 5.69 Å². The van der Waals surface area contributed by atoms with Crippen molar-refractivity contribution in [3.8, 4) is 5.88 Å². The SMILES string of the molecule is CCNc1cc([N+](=O)[O-])cc(OCC2CCCO2)n1. The van der Waals surface area contributed by atoms with E-state index in [0.717, 1.165) is 19.4 Å². The summed E-state index contributed by atoms with van der Waals surface area (Å²) >= 11 is 0. The van der Waals surface area contributed by atoms with E-state index in [-0.39, 0.29) is 17.7 Å². The van der Waals surface area contributed by atoms with Gasteiger partial charge >= 0.3 is 0 Å². The number of rotatable bonds is 6. The third-order valence-corrected chi connectivity index (χ3v) is 2.80. The topological polar surface area (TPSA) is 86.5 Å². The van der Waals surface area contributed by atoms with E-state index in [9.17, 15) is 10.1 Å². The molecule has 1 unspecified atom stereocenters. The Labute approximate surface area is 111 Å². The minimum atomic E-state index is -0.457. The number of pyridine rings is 1. The van der Waals surface area contributed by atoms with Gasteiger partial charge in [-0.2, -0.15) is 4.98 Å². The summed E-state index contributed by atoms with van der Waals surface area (Å²) in [5.41, 5.74) is -0.0340. The fourth-order valence-corrected chi connectivity index (χ4v) is 1.90. The number of hydrogen-bond acceptors (Lipinski definition) is 6. The molecule has 1 aliphatic heterocycles. The van der Waals surface area contributed by atoms with E-state index >= 15 is 0 Å². The molecule has 1 aliphatic rings. The van der Waals surface area contributed by atoms with Crippen LogP contribution >= 0.6 is 0 Å². The molecule has 0 radical (unpaired) electrons. The largest absolute Gasteiger partial charge is 0.475 e. The van der Waals surface area contributed by atoms with Crippen molar-refractivity contribution in [3.05, 3.63) is 22.2 Å². The molecular weight excluding hydrogens is 250 g/mol. The van der Waals surface area contributed by atoms with Gasteiger partial charge in [-0.05, 0) is 19.8 Å². The van der Waals surface area contributed by atoms with Crippen LogP contribution in [0, 0.1) is 10.1 Å². The summed E-state index contributed by atoms with van der Waals surface area (Å²) in [5.74, 6) is 0.694. The van der Waals surface area contributed by atoms with Crippen LogP contribution in [0.3, 0.4) is 0 Å². The van der Waals surface area contributed by atoms with Gasteiger partial charge in [0, 0.05) is 13.2 Å². The molecule has 0 spiro atoms. The fraction of sp³-hybridized carbons (Fsp3) is 0.583. The van der Waals surface area contributed by atoms with Crippen molar-refractivity contribution in [2.45, 2.75) is 25.9 Å². The molecule has 1 saturated heterocycles. The van der Waals surface area contributed by atoms with Crippen LogP contribution in [0.1, 0.15) is 19.8 Å². The maximum Gasteiger partial charge on any atom is 0.278 e. The summed E-state index contributed by atoms with van der Waals surface area (Å²) in [6.45, 7) is 3.66. The zero-order chi connectivity index (χ0) is 13.7. The first-order valence-corrected chi connectivity index (χ1v) is 6.34. The molecule has 0 saturated carbocycles. The van der Waals surface area contributed by atoms with E-state index < -0.39 is 4.92 Å². The van der Waals surface area contributed by atoms with E-state index in [1.807, 2.05) is 6.92 Å². The van der Waals surface area contributed by atoms with Crippen molar-refractivity contribution in [2.24, 2.45) is 0 Å². The zero-order valence-corrected chi connectivity index (χ0v) is 10.8. The van der Waals surface area contributed by atoms with Gasteiger partial charge in [-0.3, -0.25) is 10.1 Å². The highest BCUT2D eigenvalue weighted by atomic mass is 16.6. The van der Waals surface area contributed by atoms with Crippen LogP contribution in [0.4, 0.5) is 11.5 Å². The first kappa shape index (κ1) is 13.5. The molecule has 2 heterocycles.